The maximum Gasteiger partial charge on any atom is 0.0809 e. The fraction of sp³-hybridized carbons (Fsp3) is 0. The molecule has 0 bridgehead atoms. The average Bonchev–Trinajstić information content (AvgIpc) is 3.27. The van der Waals surface area contributed by atoms with Gasteiger partial charge in [-0.05, 0) is 70.4 Å². The zero-order chi connectivity index (χ0) is 36.6. The number of nitrogens with zero attached hydrogens (tertiary/aromatic N) is 3. The molecule has 10 rings (SSSR count). The van der Waals surface area contributed by atoms with Crippen LogP contribution in [0.4, 0.5) is 17.1 Å². The molecule has 258 valence electrons. The van der Waals surface area contributed by atoms with Crippen molar-refractivity contribution in [2.45, 2.75) is 0 Å². The lowest BCUT2D eigenvalue weighted by molar-refractivity contribution is 1.30. The molecule has 0 N–H and O–H groups in total. The Morgan fingerprint density at radius 2 is 0.855 bits per heavy atom. The molecule has 55 heavy (non-hydrogen) atoms. The van der Waals surface area contributed by atoms with Crippen LogP contribution in [0.25, 0.3) is 77.3 Å². The van der Waals surface area contributed by atoms with E-state index in [0.29, 0.717) is 0 Å². The lowest BCUT2D eigenvalue weighted by atomic mass is 9.92. The van der Waals surface area contributed by atoms with Crippen molar-refractivity contribution in [2.75, 3.05) is 4.90 Å². The largest absolute Gasteiger partial charge is 0.310 e. The first-order valence-corrected chi connectivity index (χ1v) is 18.7. The van der Waals surface area contributed by atoms with Crippen LogP contribution in [0.15, 0.2) is 212 Å². The van der Waals surface area contributed by atoms with E-state index in [1.165, 1.54) is 16.2 Å². The van der Waals surface area contributed by atoms with Crippen LogP contribution in [-0.4, -0.2) is 9.97 Å². The zero-order valence-corrected chi connectivity index (χ0v) is 30.0. The number of anilines is 3. The van der Waals surface area contributed by atoms with Crippen molar-refractivity contribution in [1.29, 1.82) is 0 Å². The molecule has 0 fully saturated rings. The number of fused-ring (bicyclic) bond motifs is 5. The van der Waals surface area contributed by atoms with Gasteiger partial charge in [0.1, 0.15) is 0 Å². The maximum absolute atomic E-state index is 5.60. The number of rotatable bonds is 7. The van der Waals surface area contributed by atoms with Crippen LogP contribution in [0.2, 0.25) is 0 Å². The molecule has 0 amide bonds. The molecule has 2 aromatic heterocycles. The van der Waals surface area contributed by atoms with E-state index in [0.717, 1.165) is 78.3 Å². The summed E-state index contributed by atoms with van der Waals surface area (Å²) in [6.07, 6.45) is 0. The summed E-state index contributed by atoms with van der Waals surface area (Å²) in [5, 5.41) is 5.74. The Bertz CT molecular complexity index is 2850. The highest BCUT2D eigenvalue weighted by Crippen LogP contribution is 2.47. The van der Waals surface area contributed by atoms with Crippen molar-refractivity contribution < 1.29 is 0 Å². The normalized spacial score (nSPS) is 11.3. The lowest BCUT2D eigenvalue weighted by Gasteiger charge is -2.28. The predicted molar refractivity (Wildman–Crippen MR) is 231 cm³/mol. The summed E-state index contributed by atoms with van der Waals surface area (Å²) in [5.41, 5.74) is 12.4. The highest BCUT2D eigenvalue weighted by molar-refractivity contribution is 6.27. The van der Waals surface area contributed by atoms with Gasteiger partial charge in [0, 0.05) is 44.2 Å². The highest BCUT2D eigenvalue weighted by Gasteiger charge is 2.23. The Hall–Kier alpha value is -7.36. The van der Waals surface area contributed by atoms with Gasteiger partial charge in [-0.2, -0.15) is 0 Å². The Balaban J connectivity index is 1.28. The van der Waals surface area contributed by atoms with E-state index >= 15 is 0 Å². The van der Waals surface area contributed by atoms with Gasteiger partial charge in [-0.25, -0.2) is 9.97 Å². The van der Waals surface area contributed by atoms with Gasteiger partial charge in [0.15, 0.2) is 0 Å². The third-order valence-electron chi connectivity index (χ3n) is 10.4. The van der Waals surface area contributed by atoms with E-state index in [-0.39, 0.29) is 0 Å². The van der Waals surface area contributed by atoms with Gasteiger partial charge in [-0.3, -0.25) is 0 Å². The molecule has 0 aliphatic carbocycles. The average molecular weight is 702 g/mol. The van der Waals surface area contributed by atoms with Gasteiger partial charge in [0.25, 0.3) is 0 Å². The number of pyridine rings is 2. The molecular formula is C52H35N3. The summed E-state index contributed by atoms with van der Waals surface area (Å²) >= 11 is 0. The first kappa shape index (κ1) is 32.3. The molecule has 0 radical (unpaired) electrons. The first-order valence-electron chi connectivity index (χ1n) is 18.7. The zero-order valence-electron chi connectivity index (χ0n) is 30.0. The van der Waals surface area contributed by atoms with Crippen molar-refractivity contribution in [3.8, 4) is 44.9 Å². The summed E-state index contributed by atoms with van der Waals surface area (Å²) in [4.78, 5) is 13.2. The van der Waals surface area contributed by atoms with Gasteiger partial charge >= 0.3 is 0 Å². The summed E-state index contributed by atoms with van der Waals surface area (Å²) in [6, 6.07) is 75.0. The minimum atomic E-state index is 0.906. The molecule has 0 aliphatic heterocycles. The number of aromatic nitrogens is 2. The Kier molecular flexibility index (Phi) is 8.16. The van der Waals surface area contributed by atoms with Crippen LogP contribution in [0.1, 0.15) is 0 Å². The van der Waals surface area contributed by atoms with Crippen molar-refractivity contribution in [3.63, 3.8) is 0 Å². The van der Waals surface area contributed by atoms with Crippen LogP contribution in [-0.2, 0) is 0 Å². The summed E-state index contributed by atoms with van der Waals surface area (Å²) in [6.45, 7) is 0. The Labute approximate surface area is 320 Å². The first-order chi connectivity index (χ1) is 27.3. The summed E-state index contributed by atoms with van der Waals surface area (Å²) in [7, 11) is 0. The van der Waals surface area contributed by atoms with Gasteiger partial charge in [-0.1, -0.05) is 164 Å². The Morgan fingerprint density at radius 3 is 1.49 bits per heavy atom. The quantitative estimate of drug-likeness (QED) is 0.155. The van der Waals surface area contributed by atoms with Crippen LogP contribution < -0.4 is 4.90 Å². The van der Waals surface area contributed by atoms with E-state index in [1.807, 2.05) is 6.07 Å². The van der Waals surface area contributed by atoms with Crippen LogP contribution >= 0.6 is 0 Å². The summed E-state index contributed by atoms with van der Waals surface area (Å²) < 4.78 is 0. The van der Waals surface area contributed by atoms with Crippen molar-refractivity contribution in [1.82, 2.24) is 9.97 Å². The van der Waals surface area contributed by atoms with Crippen LogP contribution in [0.5, 0.6) is 0 Å². The molecule has 3 nitrogen and oxygen atoms in total. The van der Waals surface area contributed by atoms with E-state index < -0.39 is 0 Å². The molecule has 0 saturated heterocycles. The molecule has 10 aromatic rings. The lowest BCUT2D eigenvalue weighted by Crippen LogP contribution is -2.11. The summed E-state index contributed by atoms with van der Waals surface area (Å²) in [5.74, 6) is 0. The third-order valence-corrected chi connectivity index (χ3v) is 10.4. The van der Waals surface area contributed by atoms with Gasteiger partial charge in [0.05, 0.1) is 28.3 Å². The smallest absolute Gasteiger partial charge is 0.0809 e. The van der Waals surface area contributed by atoms with Crippen molar-refractivity contribution in [2.24, 2.45) is 0 Å². The number of para-hydroxylation sites is 2. The Morgan fingerprint density at radius 1 is 0.327 bits per heavy atom. The van der Waals surface area contributed by atoms with E-state index in [4.69, 9.17) is 9.97 Å². The molecular weight excluding hydrogens is 667 g/mol. The van der Waals surface area contributed by atoms with E-state index in [1.54, 1.807) is 0 Å². The van der Waals surface area contributed by atoms with Crippen molar-refractivity contribution >= 4 is 49.5 Å². The standard InChI is InChI=1S/C52H35N3/c1-6-18-36(19-7-1)41-33-46(37-20-8-2-9-21-37)53-47(34-41)40-30-31-45-48(32-40)54-52(38-22-10-3-11-23-38)51-49(35-39-24-16-17-29-44(39)50(45)51)55(42-25-12-4-13-26-42)43-27-14-5-15-28-43/h1-35H. The van der Waals surface area contributed by atoms with E-state index in [9.17, 15) is 0 Å². The van der Waals surface area contributed by atoms with Gasteiger partial charge in [0.2, 0.25) is 0 Å². The van der Waals surface area contributed by atoms with Gasteiger partial charge in [-0.15, -0.1) is 0 Å². The maximum atomic E-state index is 5.60. The fourth-order valence-electron chi connectivity index (χ4n) is 7.82. The van der Waals surface area contributed by atoms with E-state index in [2.05, 4.69) is 211 Å². The molecule has 0 atom stereocenters. The minimum absolute atomic E-state index is 0.906. The molecule has 8 aromatic carbocycles. The highest BCUT2D eigenvalue weighted by atomic mass is 15.1. The molecule has 0 aliphatic rings. The number of hydrogen-bond acceptors (Lipinski definition) is 3. The molecule has 3 heteroatoms. The fourth-order valence-corrected chi connectivity index (χ4v) is 7.82. The second-order valence-corrected chi connectivity index (χ2v) is 13.8. The second kappa shape index (κ2) is 13.9. The van der Waals surface area contributed by atoms with Crippen LogP contribution in [0, 0.1) is 0 Å². The topological polar surface area (TPSA) is 29.0 Å². The minimum Gasteiger partial charge on any atom is -0.310 e. The van der Waals surface area contributed by atoms with Gasteiger partial charge < -0.3 is 4.90 Å². The second-order valence-electron chi connectivity index (χ2n) is 13.8. The predicted octanol–water partition coefficient (Wildman–Crippen LogP) is 14.1. The molecule has 0 unspecified atom stereocenters. The molecule has 2 heterocycles. The monoisotopic (exact) mass is 701 g/mol. The third kappa shape index (κ3) is 5.98. The van der Waals surface area contributed by atoms with Crippen LogP contribution in [0.3, 0.4) is 0 Å². The SMILES string of the molecule is c1ccc(-c2cc(-c3ccccc3)nc(-c3ccc4c(c3)nc(-c3ccccc3)c3c(N(c5ccccc5)c5ccccc5)cc5ccccc5c34)c2)cc1. The number of hydrogen-bond donors (Lipinski definition) is 0. The number of benzene rings is 8. The molecule has 0 spiro atoms. The van der Waals surface area contributed by atoms with Crippen molar-refractivity contribution in [3.05, 3.63) is 212 Å². The molecule has 0 saturated carbocycles.